The Kier molecular flexibility index (Phi) is 5.51. The van der Waals surface area contributed by atoms with E-state index >= 15 is 0 Å². The lowest BCUT2D eigenvalue weighted by Gasteiger charge is -2.12. The van der Waals surface area contributed by atoms with Gasteiger partial charge < -0.3 is 14.9 Å². The van der Waals surface area contributed by atoms with Gasteiger partial charge in [0.2, 0.25) is 0 Å². The highest BCUT2D eigenvalue weighted by atomic mass is 16.6. The lowest BCUT2D eigenvalue weighted by molar-refractivity contribution is -0.384. The number of aromatic hydroxyl groups is 2. The van der Waals surface area contributed by atoms with Crippen LogP contribution in [0, 0.1) is 10.1 Å². The van der Waals surface area contributed by atoms with Crippen LogP contribution in [0.4, 0.5) is 5.69 Å². The summed E-state index contributed by atoms with van der Waals surface area (Å²) < 4.78 is 5.36. The van der Waals surface area contributed by atoms with E-state index in [1.807, 2.05) is 0 Å². The van der Waals surface area contributed by atoms with Crippen LogP contribution in [0.25, 0.3) is 0 Å². The van der Waals surface area contributed by atoms with Crippen molar-refractivity contribution in [3.05, 3.63) is 58.1 Å². The maximum atomic E-state index is 11.9. The fourth-order valence-corrected chi connectivity index (χ4v) is 1.80. The molecule has 9 nitrogen and oxygen atoms in total. The molecule has 0 aliphatic heterocycles. The van der Waals surface area contributed by atoms with Gasteiger partial charge in [-0.2, -0.15) is 5.10 Å². The molecule has 0 spiro atoms. The van der Waals surface area contributed by atoms with Gasteiger partial charge in [-0.1, -0.05) is 0 Å². The minimum absolute atomic E-state index is 0.0808. The molecular formula is C16H15N3O6. The van der Waals surface area contributed by atoms with Crippen molar-refractivity contribution in [2.24, 2.45) is 5.10 Å². The lowest BCUT2D eigenvalue weighted by atomic mass is 10.2. The van der Waals surface area contributed by atoms with E-state index in [-0.39, 0.29) is 17.2 Å². The highest BCUT2D eigenvalue weighted by Crippen LogP contribution is 2.21. The van der Waals surface area contributed by atoms with Crippen LogP contribution in [-0.4, -0.2) is 33.4 Å². The number of carbonyl (C=O) groups excluding carboxylic acids is 1. The van der Waals surface area contributed by atoms with Crippen molar-refractivity contribution in [3.63, 3.8) is 0 Å². The van der Waals surface area contributed by atoms with Crippen LogP contribution in [0.3, 0.4) is 0 Å². The van der Waals surface area contributed by atoms with Gasteiger partial charge in [0.1, 0.15) is 17.2 Å². The van der Waals surface area contributed by atoms with Gasteiger partial charge in [0, 0.05) is 23.8 Å². The molecule has 0 radical (unpaired) electrons. The summed E-state index contributed by atoms with van der Waals surface area (Å²) in [5.41, 5.74) is 2.47. The maximum Gasteiger partial charge on any atom is 0.280 e. The molecule has 0 bridgehead atoms. The predicted molar refractivity (Wildman–Crippen MR) is 88.7 cm³/mol. The third kappa shape index (κ3) is 4.93. The van der Waals surface area contributed by atoms with Crippen LogP contribution in [-0.2, 0) is 4.79 Å². The van der Waals surface area contributed by atoms with Gasteiger partial charge in [0.25, 0.3) is 11.6 Å². The number of nitro benzene ring substituents is 1. The number of non-ortho nitro benzene ring substituents is 1. The molecule has 0 saturated carbocycles. The normalized spacial score (nSPS) is 11.9. The van der Waals surface area contributed by atoms with Gasteiger partial charge in [-0.15, -0.1) is 0 Å². The molecule has 0 unspecified atom stereocenters. The second-order valence-corrected chi connectivity index (χ2v) is 4.99. The molecule has 0 aliphatic rings. The van der Waals surface area contributed by atoms with E-state index in [1.165, 1.54) is 49.5 Å². The summed E-state index contributed by atoms with van der Waals surface area (Å²) in [6, 6.07) is 9.25. The first-order chi connectivity index (χ1) is 11.9. The first-order valence-electron chi connectivity index (χ1n) is 7.13. The van der Waals surface area contributed by atoms with E-state index in [0.29, 0.717) is 11.3 Å². The zero-order valence-electron chi connectivity index (χ0n) is 13.1. The van der Waals surface area contributed by atoms with Crippen molar-refractivity contribution in [3.8, 4) is 17.2 Å². The molecule has 9 heteroatoms. The third-order valence-electron chi connectivity index (χ3n) is 3.12. The quantitative estimate of drug-likeness (QED) is 0.416. The number of ether oxygens (including phenoxy) is 1. The van der Waals surface area contributed by atoms with Gasteiger partial charge in [-0.05, 0) is 31.2 Å². The van der Waals surface area contributed by atoms with E-state index in [0.717, 1.165) is 6.07 Å². The van der Waals surface area contributed by atoms with Crippen molar-refractivity contribution in [2.75, 3.05) is 0 Å². The molecule has 0 heterocycles. The highest BCUT2D eigenvalue weighted by molar-refractivity contribution is 5.86. The molecule has 0 saturated heterocycles. The van der Waals surface area contributed by atoms with Crippen molar-refractivity contribution >= 4 is 17.8 Å². The van der Waals surface area contributed by atoms with Crippen molar-refractivity contribution < 1.29 is 24.7 Å². The number of phenolic OH excluding ortho intramolecular Hbond substituents is 2. The number of hydrazone groups is 1. The first-order valence-corrected chi connectivity index (χ1v) is 7.13. The zero-order chi connectivity index (χ0) is 18.4. The molecule has 1 amide bonds. The summed E-state index contributed by atoms with van der Waals surface area (Å²) >= 11 is 0. The van der Waals surface area contributed by atoms with Crippen LogP contribution >= 0.6 is 0 Å². The molecule has 1 atom stereocenters. The highest BCUT2D eigenvalue weighted by Gasteiger charge is 2.14. The molecule has 2 aromatic rings. The van der Waals surface area contributed by atoms with E-state index < -0.39 is 16.9 Å². The summed E-state index contributed by atoms with van der Waals surface area (Å²) in [5, 5.41) is 33.0. The standard InChI is InChI=1S/C16H15N3O6/c1-10(25-14-6-3-12(4-7-14)19(23)24)16(22)18-17-9-11-2-5-13(20)8-15(11)21/h2-10,20-21H,1H3,(H,18,22)/b17-9-/t10-/m0/s1. The van der Waals surface area contributed by atoms with Gasteiger partial charge >= 0.3 is 0 Å². The average Bonchev–Trinajstić information content (AvgIpc) is 2.57. The summed E-state index contributed by atoms with van der Waals surface area (Å²) in [6.07, 6.45) is 0.317. The number of phenols is 2. The number of amides is 1. The van der Waals surface area contributed by atoms with E-state index in [9.17, 15) is 25.1 Å². The van der Waals surface area contributed by atoms with E-state index in [2.05, 4.69) is 10.5 Å². The Hall–Kier alpha value is -3.62. The Balaban J connectivity index is 1.91. The largest absolute Gasteiger partial charge is 0.508 e. The van der Waals surface area contributed by atoms with Crippen LogP contribution in [0.15, 0.2) is 47.6 Å². The van der Waals surface area contributed by atoms with E-state index in [4.69, 9.17) is 4.74 Å². The zero-order valence-corrected chi connectivity index (χ0v) is 13.1. The van der Waals surface area contributed by atoms with E-state index in [1.54, 1.807) is 0 Å². The number of nitrogens with zero attached hydrogens (tertiary/aromatic N) is 2. The number of hydrogen-bond acceptors (Lipinski definition) is 7. The molecule has 0 aliphatic carbocycles. The monoisotopic (exact) mass is 345 g/mol. The maximum absolute atomic E-state index is 11.9. The Morgan fingerprint density at radius 2 is 1.96 bits per heavy atom. The lowest BCUT2D eigenvalue weighted by Crippen LogP contribution is -2.33. The third-order valence-corrected chi connectivity index (χ3v) is 3.12. The van der Waals surface area contributed by atoms with Gasteiger partial charge in [0.15, 0.2) is 6.10 Å². The molecule has 0 aromatic heterocycles. The van der Waals surface area contributed by atoms with Gasteiger partial charge in [0.05, 0.1) is 11.1 Å². The summed E-state index contributed by atoms with van der Waals surface area (Å²) in [4.78, 5) is 21.9. The molecule has 0 fully saturated rings. The summed E-state index contributed by atoms with van der Waals surface area (Å²) in [5.74, 6) is -0.529. The number of rotatable bonds is 6. The summed E-state index contributed by atoms with van der Waals surface area (Å²) in [6.45, 7) is 1.49. The van der Waals surface area contributed by atoms with Crippen molar-refractivity contribution in [1.82, 2.24) is 5.43 Å². The Labute approximate surface area is 142 Å². The predicted octanol–water partition coefficient (Wildman–Crippen LogP) is 1.92. The smallest absolute Gasteiger partial charge is 0.280 e. The number of nitrogens with one attached hydrogen (secondary N) is 1. The van der Waals surface area contributed by atoms with Crippen LogP contribution < -0.4 is 10.2 Å². The van der Waals surface area contributed by atoms with Crippen LogP contribution in [0.5, 0.6) is 17.2 Å². The minimum Gasteiger partial charge on any atom is -0.508 e. The topological polar surface area (TPSA) is 134 Å². The van der Waals surface area contributed by atoms with Gasteiger partial charge in [-0.25, -0.2) is 5.43 Å². The van der Waals surface area contributed by atoms with Crippen molar-refractivity contribution in [1.29, 1.82) is 0 Å². The first kappa shape index (κ1) is 17.7. The Bertz CT molecular complexity index is 804. The fraction of sp³-hybridized carbons (Fsp3) is 0.125. The minimum atomic E-state index is -0.896. The van der Waals surface area contributed by atoms with Crippen LogP contribution in [0.1, 0.15) is 12.5 Å². The van der Waals surface area contributed by atoms with Gasteiger partial charge in [-0.3, -0.25) is 14.9 Å². The average molecular weight is 345 g/mol. The Morgan fingerprint density at radius 1 is 1.28 bits per heavy atom. The second-order valence-electron chi connectivity index (χ2n) is 4.99. The SMILES string of the molecule is C[C@H](Oc1ccc([N+](=O)[O-])cc1)C(=O)N/N=C\c1ccc(O)cc1O. The fourth-order valence-electron chi connectivity index (χ4n) is 1.80. The molecule has 3 N–H and O–H groups in total. The van der Waals surface area contributed by atoms with Crippen molar-refractivity contribution in [2.45, 2.75) is 13.0 Å². The number of benzene rings is 2. The molecule has 25 heavy (non-hydrogen) atoms. The van der Waals surface area contributed by atoms with Crippen LogP contribution in [0.2, 0.25) is 0 Å². The molecule has 2 aromatic carbocycles. The second kappa shape index (κ2) is 7.77. The number of hydrogen-bond donors (Lipinski definition) is 3. The summed E-state index contributed by atoms with van der Waals surface area (Å²) in [7, 11) is 0. The number of carbonyl (C=O) groups is 1. The molecule has 130 valence electrons. The molecular weight excluding hydrogens is 330 g/mol. The number of nitro groups is 1. The Morgan fingerprint density at radius 3 is 2.56 bits per heavy atom. The molecule has 2 rings (SSSR count).